The maximum Gasteiger partial charge on any atom is 0.330 e. The molecule has 3 aromatic rings. The van der Waals surface area contributed by atoms with Crippen LogP contribution in [0, 0.1) is 6.92 Å². The van der Waals surface area contributed by atoms with Crippen molar-refractivity contribution in [2.24, 2.45) is 0 Å². The van der Waals surface area contributed by atoms with E-state index >= 15 is 0 Å². The van der Waals surface area contributed by atoms with Gasteiger partial charge in [0.05, 0.1) is 0 Å². The van der Waals surface area contributed by atoms with E-state index in [0.29, 0.717) is 11.5 Å². The Morgan fingerprint density at radius 1 is 1.10 bits per heavy atom. The van der Waals surface area contributed by atoms with Gasteiger partial charge in [0.25, 0.3) is 5.91 Å². The third-order valence-corrected chi connectivity index (χ3v) is 4.78. The van der Waals surface area contributed by atoms with Crippen LogP contribution in [0.3, 0.4) is 0 Å². The summed E-state index contributed by atoms with van der Waals surface area (Å²) in [6.45, 7) is 1.41. The number of fused-ring (bicyclic) bond motifs is 1. The van der Waals surface area contributed by atoms with Gasteiger partial charge in [-0.1, -0.05) is 35.9 Å². The smallest absolute Gasteiger partial charge is 0.330 e. The highest BCUT2D eigenvalue weighted by Gasteiger charge is 2.14. The fourth-order valence-corrected chi connectivity index (χ4v) is 3.28. The molecule has 1 N–H and O–H groups in total. The van der Waals surface area contributed by atoms with Crippen LogP contribution in [0.2, 0.25) is 0 Å². The molecule has 2 aromatic carbocycles. The molecule has 0 saturated carbocycles. The largest absolute Gasteiger partial charge is 0.454 e. The van der Waals surface area contributed by atoms with Crippen LogP contribution < -0.4 is 5.32 Å². The van der Waals surface area contributed by atoms with Gasteiger partial charge in [0, 0.05) is 11.3 Å². The average Bonchev–Trinajstić information content (AvgIpc) is 3.36. The van der Waals surface area contributed by atoms with E-state index < -0.39 is 5.97 Å². The summed E-state index contributed by atoms with van der Waals surface area (Å²) in [5, 5.41) is 14.7. The highest BCUT2D eigenvalue weighted by molar-refractivity contribution is 5.92. The zero-order valence-corrected chi connectivity index (χ0v) is 16.1. The van der Waals surface area contributed by atoms with Crippen LogP contribution in [0.15, 0.2) is 42.5 Å². The lowest BCUT2D eigenvalue weighted by molar-refractivity contribution is -0.148. The lowest BCUT2D eigenvalue weighted by Gasteiger charge is -2.08. The number of rotatable bonds is 6. The lowest BCUT2D eigenvalue weighted by Crippen LogP contribution is -2.23. The Hall–Kier alpha value is -3.55. The van der Waals surface area contributed by atoms with Crippen LogP contribution >= 0.6 is 0 Å². The number of anilines is 1. The minimum atomic E-state index is -0.609. The van der Waals surface area contributed by atoms with Crippen molar-refractivity contribution in [3.05, 3.63) is 59.2 Å². The summed E-state index contributed by atoms with van der Waals surface area (Å²) in [5.41, 5.74) is 5.25. The minimum Gasteiger partial charge on any atom is -0.454 e. The van der Waals surface area contributed by atoms with Gasteiger partial charge in [-0.2, -0.15) is 4.80 Å². The number of nitrogens with one attached hydrogen (secondary N) is 1. The summed E-state index contributed by atoms with van der Waals surface area (Å²) in [6.07, 6.45) is 3.26. The van der Waals surface area contributed by atoms with E-state index in [0.717, 1.165) is 35.2 Å². The third-order valence-electron chi connectivity index (χ3n) is 4.78. The summed E-state index contributed by atoms with van der Waals surface area (Å²) in [4.78, 5) is 25.2. The first kappa shape index (κ1) is 18.8. The van der Waals surface area contributed by atoms with E-state index in [4.69, 9.17) is 4.74 Å². The standard InChI is InChI=1S/C21H21N5O3/c1-14-5-7-16(8-6-14)21-23-25-26(24-21)12-20(28)29-13-19(27)22-18-10-9-15-3-2-4-17(15)11-18/h5-11H,2-4,12-13H2,1H3,(H,22,27). The Bertz CT molecular complexity index is 1040. The molecule has 0 spiro atoms. The minimum absolute atomic E-state index is 0.217. The summed E-state index contributed by atoms with van der Waals surface area (Å²) in [5.74, 6) is -0.572. The van der Waals surface area contributed by atoms with E-state index in [1.54, 1.807) is 0 Å². The summed E-state index contributed by atoms with van der Waals surface area (Å²) in [7, 11) is 0. The van der Waals surface area contributed by atoms with Crippen molar-refractivity contribution in [2.75, 3.05) is 11.9 Å². The Labute approximate surface area is 167 Å². The number of aromatic nitrogens is 4. The van der Waals surface area contributed by atoms with E-state index in [1.165, 1.54) is 11.1 Å². The summed E-state index contributed by atoms with van der Waals surface area (Å²) >= 11 is 0. The van der Waals surface area contributed by atoms with Crippen molar-refractivity contribution in [2.45, 2.75) is 32.7 Å². The predicted octanol–water partition coefficient (Wildman–Crippen LogP) is 2.32. The van der Waals surface area contributed by atoms with E-state index in [9.17, 15) is 9.59 Å². The molecule has 0 fully saturated rings. The molecule has 29 heavy (non-hydrogen) atoms. The van der Waals surface area contributed by atoms with Crippen LogP contribution in [0.1, 0.15) is 23.1 Å². The molecule has 4 rings (SSSR count). The number of ether oxygens (including phenoxy) is 1. The quantitative estimate of drug-likeness (QED) is 0.648. The van der Waals surface area contributed by atoms with Crippen molar-refractivity contribution < 1.29 is 14.3 Å². The van der Waals surface area contributed by atoms with Crippen LogP contribution in [-0.2, 0) is 33.7 Å². The number of esters is 1. The van der Waals surface area contributed by atoms with Gasteiger partial charge in [-0.05, 0) is 54.7 Å². The van der Waals surface area contributed by atoms with E-state index in [-0.39, 0.29) is 19.1 Å². The first-order valence-corrected chi connectivity index (χ1v) is 9.49. The van der Waals surface area contributed by atoms with Gasteiger partial charge in [0.15, 0.2) is 13.2 Å². The molecule has 8 nitrogen and oxygen atoms in total. The number of tetrazole rings is 1. The number of amides is 1. The summed E-state index contributed by atoms with van der Waals surface area (Å²) in [6, 6.07) is 13.6. The number of hydrogen-bond acceptors (Lipinski definition) is 6. The molecule has 1 heterocycles. The van der Waals surface area contributed by atoms with Gasteiger partial charge in [-0.3, -0.25) is 4.79 Å². The monoisotopic (exact) mass is 391 g/mol. The van der Waals surface area contributed by atoms with Gasteiger partial charge in [-0.25, -0.2) is 4.79 Å². The molecule has 0 unspecified atom stereocenters. The van der Waals surface area contributed by atoms with Crippen LogP contribution in [0.25, 0.3) is 11.4 Å². The Kier molecular flexibility index (Phi) is 5.33. The number of carbonyl (C=O) groups excluding carboxylic acids is 2. The highest BCUT2D eigenvalue weighted by Crippen LogP contribution is 2.24. The van der Waals surface area contributed by atoms with Crippen LogP contribution in [0.4, 0.5) is 5.69 Å². The lowest BCUT2D eigenvalue weighted by atomic mass is 10.1. The summed E-state index contributed by atoms with van der Waals surface area (Å²) < 4.78 is 5.02. The fourth-order valence-electron chi connectivity index (χ4n) is 3.28. The van der Waals surface area contributed by atoms with Crippen molar-refractivity contribution in [3.63, 3.8) is 0 Å². The molecule has 1 aliphatic carbocycles. The van der Waals surface area contributed by atoms with Gasteiger partial charge >= 0.3 is 5.97 Å². The maximum atomic E-state index is 12.0. The second-order valence-corrected chi connectivity index (χ2v) is 7.06. The second kappa shape index (κ2) is 8.22. The number of nitrogens with zero attached hydrogens (tertiary/aromatic N) is 4. The predicted molar refractivity (Wildman–Crippen MR) is 106 cm³/mol. The SMILES string of the molecule is Cc1ccc(-c2nnn(CC(=O)OCC(=O)Nc3ccc4c(c3)CCC4)n2)cc1. The zero-order valence-electron chi connectivity index (χ0n) is 16.1. The molecule has 1 aliphatic rings. The van der Waals surface area contributed by atoms with Crippen LogP contribution in [-0.4, -0.2) is 38.7 Å². The first-order chi connectivity index (χ1) is 14.1. The molecule has 1 amide bonds. The van der Waals surface area contributed by atoms with Gasteiger partial charge in [0.1, 0.15) is 0 Å². The Morgan fingerprint density at radius 2 is 1.90 bits per heavy atom. The van der Waals surface area contributed by atoms with Crippen molar-refractivity contribution in [3.8, 4) is 11.4 Å². The molecule has 0 radical (unpaired) electrons. The zero-order chi connectivity index (χ0) is 20.2. The topological polar surface area (TPSA) is 99.0 Å². The van der Waals surface area contributed by atoms with Gasteiger partial charge < -0.3 is 10.1 Å². The molecule has 1 aromatic heterocycles. The van der Waals surface area contributed by atoms with E-state index in [1.807, 2.05) is 49.4 Å². The first-order valence-electron chi connectivity index (χ1n) is 9.49. The number of aryl methyl sites for hydroxylation is 3. The van der Waals surface area contributed by atoms with Gasteiger partial charge in [-0.15, -0.1) is 10.2 Å². The van der Waals surface area contributed by atoms with Crippen molar-refractivity contribution in [1.29, 1.82) is 0 Å². The molecule has 148 valence electrons. The fraction of sp³-hybridized carbons (Fsp3) is 0.286. The molecule has 0 atom stereocenters. The van der Waals surface area contributed by atoms with E-state index in [2.05, 4.69) is 20.7 Å². The Morgan fingerprint density at radius 3 is 2.72 bits per heavy atom. The van der Waals surface area contributed by atoms with Crippen LogP contribution in [0.5, 0.6) is 0 Å². The number of benzene rings is 2. The normalized spacial score (nSPS) is 12.4. The molecule has 8 heteroatoms. The third kappa shape index (κ3) is 4.66. The number of carbonyl (C=O) groups is 2. The van der Waals surface area contributed by atoms with Gasteiger partial charge in [0.2, 0.25) is 5.82 Å². The average molecular weight is 391 g/mol. The number of hydrogen-bond donors (Lipinski definition) is 1. The maximum absolute atomic E-state index is 12.0. The molecular weight excluding hydrogens is 370 g/mol. The second-order valence-electron chi connectivity index (χ2n) is 7.06. The van der Waals surface area contributed by atoms with Crippen molar-refractivity contribution >= 4 is 17.6 Å². The molecule has 0 saturated heterocycles. The van der Waals surface area contributed by atoms with Crippen molar-refractivity contribution in [1.82, 2.24) is 20.2 Å². The molecule has 0 bridgehead atoms. The Balaban J connectivity index is 1.26. The highest BCUT2D eigenvalue weighted by atomic mass is 16.5. The molecular formula is C21H21N5O3. The molecule has 0 aliphatic heterocycles.